The minimum absolute atomic E-state index is 0.302. The van der Waals surface area contributed by atoms with E-state index in [0.717, 1.165) is 21.7 Å². The van der Waals surface area contributed by atoms with E-state index in [4.69, 9.17) is 5.21 Å². The zero-order valence-electron chi connectivity index (χ0n) is 14.7. The Bertz CT molecular complexity index is 787. The van der Waals surface area contributed by atoms with Crippen molar-refractivity contribution in [2.75, 3.05) is 14.1 Å². The summed E-state index contributed by atoms with van der Waals surface area (Å²) in [6.45, 7) is 1.90. The monoisotopic (exact) mass is 356 g/mol. The Hall–Kier alpha value is -3.26. The summed E-state index contributed by atoms with van der Waals surface area (Å²) in [4.78, 5) is 41.4. The van der Waals surface area contributed by atoms with Crippen LogP contribution in [-0.4, -0.2) is 52.9 Å². The third-order valence-corrected chi connectivity index (χ3v) is 3.94. The maximum atomic E-state index is 12.6. The Morgan fingerprint density at radius 2 is 1.65 bits per heavy atom. The van der Waals surface area contributed by atoms with Crippen molar-refractivity contribution in [2.24, 2.45) is 0 Å². The van der Waals surface area contributed by atoms with Gasteiger partial charge in [-0.25, -0.2) is 5.48 Å². The van der Waals surface area contributed by atoms with Gasteiger partial charge in [-0.05, 0) is 30.7 Å². The lowest BCUT2D eigenvalue weighted by Crippen LogP contribution is -2.54. The van der Waals surface area contributed by atoms with E-state index in [1.807, 2.05) is 19.1 Å². The molecule has 1 atom stereocenters. The van der Waals surface area contributed by atoms with Crippen LogP contribution in [-0.2, 0) is 9.59 Å². The van der Waals surface area contributed by atoms with E-state index in [1.165, 1.54) is 19.6 Å². The number of nitrogens with one attached hydrogen (secondary N) is 2. The first-order chi connectivity index (χ1) is 12.4. The number of hydrogen-bond acceptors (Lipinski definition) is 5. The lowest BCUT2D eigenvalue weighted by Gasteiger charge is -2.25. The number of aryl methyl sites for hydroxylation is 1. The lowest BCUT2D eigenvalue weighted by atomic mass is 10.0. The third-order valence-electron chi connectivity index (χ3n) is 3.94. The maximum Gasteiger partial charge on any atom is 0.275 e. The van der Waals surface area contributed by atoms with Crippen molar-refractivity contribution < 1.29 is 19.6 Å². The third kappa shape index (κ3) is 4.04. The van der Waals surface area contributed by atoms with E-state index in [1.54, 1.807) is 30.5 Å². The fourth-order valence-electron chi connectivity index (χ4n) is 2.43. The highest BCUT2D eigenvalue weighted by molar-refractivity contribution is 6.08. The molecule has 0 bridgehead atoms. The van der Waals surface area contributed by atoms with E-state index in [9.17, 15) is 14.4 Å². The van der Waals surface area contributed by atoms with E-state index >= 15 is 0 Å². The Labute approximate surface area is 150 Å². The predicted octanol–water partition coefficient (Wildman–Crippen LogP) is 0.749. The molecule has 3 N–H and O–H groups in total. The Balaban J connectivity index is 2.24. The fraction of sp³-hybridized carbons (Fsp3) is 0.222. The average Bonchev–Trinajstić information content (AvgIpc) is 2.67. The molecule has 2 rings (SSSR count). The fourth-order valence-corrected chi connectivity index (χ4v) is 2.43. The molecule has 26 heavy (non-hydrogen) atoms. The van der Waals surface area contributed by atoms with Crippen molar-refractivity contribution in [3.8, 4) is 11.1 Å². The molecule has 1 aromatic carbocycles. The lowest BCUT2D eigenvalue weighted by molar-refractivity contribution is -0.140. The number of pyridine rings is 1. The molecular formula is C18H20N4O4. The summed E-state index contributed by atoms with van der Waals surface area (Å²) in [6, 6.07) is 9.06. The van der Waals surface area contributed by atoms with Crippen LogP contribution in [0.1, 0.15) is 16.1 Å². The molecule has 1 heterocycles. The number of amides is 3. The molecule has 0 radical (unpaired) electrons. The summed E-state index contributed by atoms with van der Waals surface area (Å²) in [5.74, 6) is -2.24. The Morgan fingerprint density at radius 1 is 1.04 bits per heavy atom. The van der Waals surface area contributed by atoms with Gasteiger partial charge in [-0.2, -0.15) is 0 Å². The second-order valence-electron chi connectivity index (χ2n) is 5.67. The van der Waals surface area contributed by atoms with Crippen LogP contribution >= 0.6 is 0 Å². The standard InChI is InChI=1S/C18H20N4O4/c1-11-4-5-14(10-20-11)12-6-8-13(9-7-12)18(25)22(3)15(16(23)19-2)17(24)21-26/h4-10,15,26H,1-3H3,(H,19,23)(H,21,24). The highest BCUT2D eigenvalue weighted by Crippen LogP contribution is 2.20. The molecule has 3 amide bonds. The molecule has 0 saturated heterocycles. The van der Waals surface area contributed by atoms with Crippen molar-refractivity contribution in [2.45, 2.75) is 13.0 Å². The maximum absolute atomic E-state index is 12.6. The first-order valence-corrected chi connectivity index (χ1v) is 7.84. The summed E-state index contributed by atoms with van der Waals surface area (Å²) in [5, 5.41) is 11.1. The second-order valence-corrected chi connectivity index (χ2v) is 5.67. The van der Waals surface area contributed by atoms with Crippen LogP contribution in [0.3, 0.4) is 0 Å². The largest absolute Gasteiger partial charge is 0.357 e. The van der Waals surface area contributed by atoms with Crippen LogP contribution in [0.25, 0.3) is 11.1 Å². The summed E-state index contributed by atoms with van der Waals surface area (Å²) in [5.41, 5.74) is 4.40. The van der Waals surface area contributed by atoms with E-state index < -0.39 is 23.8 Å². The zero-order valence-corrected chi connectivity index (χ0v) is 14.7. The molecule has 0 spiro atoms. The molecule has 8 nitrogen and oxygen atoms in total. The predicted molar refractivity (Wildman–Crippen MR) is 94.3 cm³/mol. The van der Waals surface area contributed by atoms with Gasteiger partial charge in [0.05, 0.1) is 0 Å². The minimum Gasteiger partial charge on any atom is -0.357 e. The van der Waals surface area contributed by atoms with Gasteiger partial charge in [0.1, 0.15) is 0 Å². The number of carbonyl (C=O) groups is 3. The zero-order chi connectivity index (χ0) is 19.3. The van der Waals surface area contributed by atoms with Gasteiger partial charge in [0, 0.05) is 37.1 Å². The van der Waals surface area contributed by atoms with E-state index in [-0.39, 0.29) is 0 Å². The van der Waals surface area contributed by atoms with Gasteiger partial charge in [0.25, 0.3) is 17.7 Å². The number of hydroxylamine groups is 1. The number of aromatic nitrogens is 1. The number of benzene rings is 1. The Kier molecular flexibility index (Phi) is 6.03. The quantitative estimate of drug-likeness (QED) is 0.416. The molecule has 136 valence electrons. The molecule has 0 aliphatic rings. The normalized spacial score (nSPS) is 11.4. The molecule has 2 aromatic rings. The van der Waals surface area contributed by atoms with Gasteiger partial charge in [0.15, 0.2) is 6.04 Å². The van der Waals surface area contributed by atoms with Crippen LogP contribution < -0.4 is 10.8 Å². The highest BCUT2D eigenvalue weighted by Gasteiger charge is 2.33. The molecule has 0 fully saturated rings. The molecular weight excluding hydrogens is 336 g/mol. The first kappa shape index (κ1) is 19.1. The first-order valence-electron chi connectivity index (χ1n) is 7.84. The molecule has 0 aliphatic heterocycles. The summed E-state index contributed by atoms with van der Waals surface area (Å²) < 4.78 is 0. The number of nitrogens with zero attached hydrogens (tertiary/aromatic N) is 2. The minimum atomic E-state index is -1.49. The van der Waals surface area contributed by atoms with Crippen molar-refractivity contribution >= 4 is 17.7 Å². The molecule has 0 aliphatic carbocycles. The number of rotatable bonds is 5. The van der Waals surface area contributed by atoms with Gasteiger partial charge in [-0.1, -0.05) is 18.2 Å². The van der Waals surface area contributed by atoms with Gasteiger partial charge in [-0.15, -0.1) is 0 Å². The SMILES string of the molecule is CNC(=O)C(C(=O)NO)N(C)C(=O)c1ccc(-c2ccc(C)nc2)cc1. The van der Waals surface area contributed by atoms with Crippen molar-refractivity contribution in [3.63, 3.8) is 0 Å². The van der Waals surface area contributed by atoms with Crippen LogP contribution in [0.15, 0.2) is 42.6 Å². The van der Waals surface area contributed by atoms with Gasteiger partial charge in [0.2, 0.25) is 0 Å². The van der Waals surface area contributed by atoms with Gasteiger partial charge >= 0.3 is 0 Å². The van der Waals surface area contributed by atoms with Gasteiger partial charge in [-0.3, -0.25) is 24.6 Å². The number of carbonyl (C=O) groups excluding carboxylic acids is 3. The van der Waals surface area contributed by atoms with E-state index in [2.05, 4.69) is 10.3 Å². The Morgan fingerprint density at radius 3 is 2.15 bits per heavy atom. The van der Waals surface area contributed by atoms with Crippen LogP contribution in [0, 0.1) is 6.92 Å². The van der Waals surface area contributed by atoms with Crippen molar-refractivity contribution in [1.29, 1.82) is 0 Å². The van der Waals surface area contributed by atoms with Crippen LogP contribution in [0.4, 0.5) is 0 Å². The summed E-state index contributed by atoms with van der Waals surface area (Å²) in [7, 11) is 2.65. The topological polar surface area (TPSA) is 112 Å². The summed E-state index contributed by atoms with van der Waals surface area (Å²) >= 11 is 0. The highest BCUT2D eigenvalue weighted by atomic mass is 16.5. The van der Waals surface area contributed by atoms with Crippen LogP contribution in [0.5, 0.6) is 0 Å². The van der Waals surface area contributed by atoms with Crippen molar-refractivity contribution in [1.82, 2.24) is 20.7 Å². The molecule has 1 unspecified atom stereocenters. The second kappa shape index (κ2) is 8.21. The van der Waals surface area contributed by atoms with Crippen LogP contribution in [0.2, 0.25) is 0 Å². The van der Waals surface area contributed by atoms with E-state index in [0.29, 0.717) is 5.56 Å². The summed E-state index contributed by atoms with van der Waals surface area (Å²) in [6.07, 6.45) is 1.74. The van der Waals surface area contributed by atoms with Crippen molar-refractivity contribution in [3.05, 3.63) is 53.9 Å². The van der Waals surface area contributed by atoms with Gasteiger partial charge < -0.3 is 10.2 Å². The number of hydrogen-bond donors (Lipinski definition) is 3. The molecule has 0 saturated carbocycles. The smallest absolute Gasteiger partial charge is 0.275 e. The molecule has 8 heteroatoms. The molecule has 1 aromatic heterocycles. The number of likely N-dealkylation sites (N-methyl/N-ethyl adjacent to an activating group) is 2. The average molecular weight is 356 g/mol.